The van der Waals surface area contributed by atoms with Gasteiger partial charge in [-0.05, 0) is 66.0 Å². The molecule has 2 nitrogen and oxygen atoms in total. The van der Waals surface area contributed by atoms with Crippen molar-refractivity contribution in [2.75, 3.05) is 0 Å². The largest absolute Gasteiger partial charge is 0.295 e. The molecule has 1 unspecified atom stereocenters. The Labute approximate surface area is 168 Å². The van der Waals surface area contributed by atoms with Crippen LogP contribution in [-0.2, 0) is 11.2 Å². The van der Waals surface area contributed by atoms with Crippen molar-refractivity contribution in [3.63, 3.8) is 0 Å². The average Bonchev–Trinajstić information content (AvgIpc) is 2.74. The topological polar surface area (TPSA) is 40.9 Å². The molecule has 2 heteroatoms. The monoisotopic (exact) mass is 371 g/mol. The third-order valence-electron chi connectivity index (χ3n) is 5.70. The lowest BCUT2D eigenvalue weighted by atomic mass is 9.83. The van der Waals surface area contributed by atoms with E-state index < -0.39 is 0 Å². The molecule has 0 amide bonds. The summed E-state index contributed by atoms with van der Waals surface area (Å²) >= 11 is 0. The van der Waals surface area contributed by atoms with E-state index in [9.17, 15) is 4.79 Å². The van der Waals surface area contributed by atoms with Crippen molar-refractivity contribution in [3.05, 3.63) is 65.7 Å². The van der Waals surface area contributed by atoms with E-state index in [1.807, 2.05) is 0 Å². The maximum atomic E-state index is 12.3. The van der Waals surface area contributed by atoms with Gasteiger partial charge in [0.2, 0.25) is 0 Å². The molecule has 3 rings (SSSR count). The Morgan fingerprint density at radius 2 is 1.61 bits per heavy atom. The number of benzene rings is 2. The highest BCUT2D eigenvalue weighted by molar-refractivity contribution is 6.00. The average molecular weight is 372 g/mol. The molecule has 0 saturated heterocycles. The summed E-state index contributed by atoms with van der Waals surface area (Å²) in [7, 11) is 0. The van der Waals surface area contributed by atoms with Crippen molar-refractivity contribution in [1.29, 1.82) is 5.26 Å². The van der Waals surface area contributed by atoms with Crippen LogP contribution in [0.25, 0.3) is 16.7 Å². The number of carbonyl (C=O) groups is 1. The smallest absolute Gasteiger partial charge is 0.159 e. The van der Waals surface area contributed by atoms with Gasteiger partial charge in [0.25, 0.3) is 0 Å². The number of ketones is 1. The molecule has 0 fully saturated rings. The second kappa shape index (κ2) is 10.0. The third-order valence-corrected chi connectivity index (χ3v) is 5.70. The predicted molar refractivity (Wildman–Crippen MR) is 116 cm³/mol. The van der Waals surface area contributed by atoms with Gasteiger partial charge in [-0.25, -0.2) is 0 Å². The number of allylic oxidation sites excluding steroid dienone is 2. The van der Waals surface area contributed by atoms with E-state index in [1.165, 1.54) is 36.0 Å². The number of hydrogen-bond donors (Lipinski definition) is 0. The Balaban J connectivity index is 1.65. The molecule has 0 saturated carbocycles. The highest BCUT2D eigenvalue weighted by Crippen LogP contribution is 2.31. The van der Waals surface area contributed by atoms with Crippen molar-refractivity contribution in [2.24, 2.45) is 5.92 Å². The zero-order chi connectivity index (χ0) is 19.8. The van der Waals surface area contributed by atoms with Gasteiger partial charge < -0.3 is 0 Å². The Bertz CT molecular complexity index is 853. The van der Waals surface area contributed by atoms with Crippen LogP contribution in [0.5, 0.6) is 0 Å². The first-order valence-electron chi connectivity index (χ1n) is 10.5. The number of nitrogens with zero attached hydrogens (tertiary/aromatic N) is 1. The third kappa shape index (κ3) is 5.20. The van der Waals surface area contributed by atoms with Crippen molar-refractivity contribution in [1.82, 2.24) is 0 Å². The maximum absolute atomic E-state index is 12.3. The minimum atomic E-state index is 0.0264. The quantitative estimate of drug-likeness (QED) is 0.481. The summed E-state index contributed by atoms with van der Waals surface area (Å²) in [5, 5.41) is 8.72. The highest BCUT2D eigenvalue weighted by Gasteiger charge is 2.22. The van der Waals surface area contributed by atoms with Gasteiger partial charge in [-0.3, -0.25) is 4.79 Å². The fourth-order valence-corrected chi connectivity index (χ4v) is 3.91. The molecule has 0 heterocycles. The summed E-state index contributed by atoms with van der Waals surface area (Å²) in [5.74, 6) is 0.206. The van der Waals surface area contributed by atoms with E-state index in [4.69, 9.17) is 5.26 Å². The van der Waals surface area contributed by atoms with Gasteiger partial charge in [0.05, 0.1) is 6.07 Å². The number of carbonyl (C=O) groups excluding carboxylic acids is 1. The molecule has 144 valence electrons. The van der Waals surface area contributed by atoms with Crippen LogP contribution in [0.15, 0.2) is 54.6 Å². The number of rotatable bonds is 8. The zero-order valence-corrected chi connectivity index (χ0v) is 16.8. The van der Waals surface area contributed by atoms with Crippen molar-refractivity contribution < 1.29 is 4.79 Å². The zero-order valence-electron chi connectivity index (χ0n) is 16.8. The van der Waals surface area contributed by atoms with E-state index >= 15 is 0 Å². The minimum Gasteiger partial charge on any atom is -0.295 e. The summed E-state index contributed by atoms with van der Waals surface area (Å²) < 4.78 is 0. The first-order valence-corrected chi connectivity index (χ1v) is 10.5. The Morgan fingerprint density at radius 1 is 0.964 bits per heavy atom. The molecular weight excluding hydrogens is 342 g/mol. The Hall–Kier alpha value is -2.66. The molecule has 2 aromatic carbocycles. The van der Waals surface area contributed by atoms with Crippen LogP contribution >= 0.6 is 0 Å². The normalized spacial score (nSPS) is 16.5. The fraction of sp³-hybridized carbons (Fsp3) is 0.385. The minimum absolute atomic E-state index is 0.0264. The van der Waals surface area contributed by atoms with Crippen LogP contribution < -0.4 is 0 Å². The predicted octanol–water partition coefficient (Wildman–Crippen LogP) is 6.75. The molecule has 0 radical (unpaired) electrons. The highest BCUT2D eigenvalue weighted by atomic mass is 16.1. The summed E-state index contributed by atoms with van der Waals surface area (Å²) in [6.45, 7) is 2.24. The summed E-state index contributed by atoms with van der Waals surface area (Å²) in [5.41, 5.74) is 6.10. The van der Waals surface area contributed by atoms with Crippen LogP contribution in [0.1, 0.15) is 63.0 Å². The molecule has 0 aromatic heterocycles. The van der Waals surface area contributed by atoms with E-state index in [0.717, 1.165) is 30.4 Å². The molecule has 1 aliphatic rings. The number of aryl methyl sites for hydroxylation is 1. The molecule has 1 aliphatic carbocycles. The standard InChI is InChI=1S/C26H29NO/c1-2-3-4-6-20-8-10-21(11-9-20)22-12-14-23(15-13-22)25-17-16-24(7-5-18-27)26(28)19-25/h8-15,19,24H,2-7,16-17H2,1H3. The first kappa shape index (κ1) is 20.1. The molecule has 0 spiro atoms. The molecule has 0 N–H and O–H groups in total. The first-order chi connectivity index (χ1) is 13.7. The number of unbranched alkanes of at least 4 members (excludes halogenated alkanes) is 2. The van der Waals surface area contributed by atoms with Crippen molar-refractivity contribution >= 4 is 11.4 Å². The van der Waals surface area contributed by atoms with Crippen LogP contribution in [0.3, 0.4) is 0 Å². The van der Waals surface area contributed by atoms with Crippen LogP contribution in [0, 0.1) is 17.2 Å². The molecule has 2 aromatic rings. The fourth-order valence-electron chi connectivity index (χ4n) is 3.91. The van der Waals surface area contributed by atoms with Crippen LogP contribution in [-0.4, -0.2) is 5.78 Å². The SMILES string of the molecule is CCCCCc1ccc(-c2ccc(C3=CC(=O)C(CCC#N)CC3)cc2)cc1. The van der Waals surface area contributed by atoms with E-state index in [1.54, 1.807) is 6.08 Å². The lowest BCUT2D eigenvalue weighted by molar-refractivity contribution is -0.118. The van der Waals surface area contributed by atoms with Gasteiger partial charge in [-0.15, -0.1) is 0 Å². The molecule has 0 bridgehead atoms. The summed E-state index contributed by atoms with van der Waals surface area (Å²) in [6, 6.07) is 19.6. The van der Waals surface area contributed by atoms with Gasteiger partial charge in [-0.2, -0.15) is 5.26 Å². The van der Waals surface area contributed by atoms with E-state index in [0.29, 0.717) is 12.8 Å². The maximum Gasteiger partial charge on any atom is 0.159 e. The van der Waals surface area contributed by atoms with Gasteiger partial charge in [-0.1, -0.05) is 68.3 Å². The van der Waals surface area contributed by atoms with Crippen molar-refractivity contribution in [3.8, 4) is 17.2 Å². The Morgan fingerprint density at radius 3 is 2.21 bits per heavy atom. The molecule has 1 atom stereocenters. The Kier molecular flexibility index (Phi) is 7.20. The second-order valence-corrected chi connectivity index (χ2v) is 7.74. The van der Waals surface area contributed by atoms with Gasteiger partial charge in [0.1, 0.15) is 0 Å². The molecule has 0 aliphatic heterocycles. The molecule has 28 heavy (non-hydrogen) atoms. The lowest BCUT2D eigenvalue weighted by Crippen LogP contribution is -2.16. The van der Waals surface area contributed by atoms with E-state index in [-0.39, 0.29) is 11.7 Å². The summed E-state index contributed by atoms with van der Waals surface area (Å²) in [4.78, 5) is 12.3. The molecular formula is C26H29NO. The number of hydrogen-bond acceptors (Lipinski definition) is 2. The van der Waals surface area contributed by atoms with Gasteiger partial charge in [0, 0.05) is 12.3 Å². The van der Waals surface area contributed by atoms with Crippen LogP contribution in [0.4, 0.5) is 0 Å². The lowest BCUT2D eigenvalue weighted by Gasteiger charge is -2.20. The van der Waals surface area contributed by atoms with E-state index in [2.05, 4.69) is 61.5 Å². The number of nitriles is 1. The van der Waals surface area contributed by atoms with Gasteiger partial charge in [0.15, 0.2) is 5.78 Å². The van der Waals surface area contributed by atoms with Crippen molar-refractivity contribution in [2.45, 2.75) is 58.3 Å². The summed E-state index contributed by atoms with van der Waals surface area (Å²) in [6.07, 6.45) is 9.68. The van der Waals surface area contributed by atoms with Gasteiger partial charge >= 0.3 is 0 Å². The van der Waals surface area contributed by atoms with Crippen LogP contribution in [0.2, 0.25) is 0 Å². The second-order valence-electron chi connectivity index (χ2n) is 7.74.